The van der Waals surface area contributed by atoms with Crippen molar-refractivity contribution in [3.8, 4) is 0 Å². The van der Waals surface area contributed by atoms with Crippen molar-refractivity contribution >= 4 is 27.0 Å². The maximum absolute atomic E-state index is 10.8. The minimum absolute atomic E-state index is 0.0711. The fraction of sp³-hybridized carbons (Fsp3) is 0.125. The lowest BCUT2D eigenvalue weighted by Gasteiger charge is -2.02. The third-order valence-corrected chi connectivity index (χ3v) is 2.77. The normalized spacial score (nSPS) is 11.4. The van der Waals surface area contributed by atoms with Gasteiger partial charge in [-0.25, -0.2) is 0 Å². The van der Waals surface area contributed by atoms with Gasteiger partial charge in [0.1, 0.15) is 0 Å². The van der Waals surface area contributed by atoms with Crippen LogP contribution in [0.3, 0.4) is 0 Å². The molecule has 0 atom stereocenters. The number of hydrogen-bond donors (Lipinski definition) is 1. The summed E-state index contributed by atoms with van der Waals surface area (Å²) in [5.41, 5.74) is 0.624. The van der Waals surface area contributed by atoms with Crippen molar-refractivity contribution in [3.63, 3.8) is 0 Å². The number of carbonyl (C=O) groups is 1. The van der Waals surface area contributed by atoms with Crippen molar-refractivity contribution in [2.24, 2.45) is 0 Å². The summed E-state index contributed by atoms with van der Waals surface area (Å²) in [6.07, 6.45) is 0. The predicted molar refractivity (Wildman–Crippen MR) is 51.2 cm³/mol. The lowest BCUT2D eigenvalue weighted by molar-refractivity contribution is 0.108. The lowest BCUT2D eigenvalue weighted by Crippen LogP contribution is -2.01. The molecular formula is C8H7ClO4S. The molecule has 0 bridgehead atoms. The summed E-state index contributed by atoms with van der Waals surface area (Å²) in [5.74, 6) is 0. The first kappa shape index (κ1) is 11.2. The van der Waals surface area contributed by atoms with E-state index in [1.807, 2.05) is 0 Å². The van der Waals surface area contributed by atoms with E-state index in [-0.39, 0.29) is 10.5 Å². The molecule has 0 aliphatic rings. The number of aryl methyl sites for hydroxylation is 1. The second-order valence-electron chi connectivity index (χ2n) is 2.73. The average Bonchev–Trinajstić information content (AvgIpc) is 2.02. The van der Waals surface area contributed by atoms with E-state index in [0.29, 0.717) is 5.56 Å². The predicted octanol–water partition coefficient (Wildman–Crippen LogP) is 1.62. The topological polar surface area (TPSA) is 71.4 Å². The van der Waals surface area contributed by atoms with Crippen LogP contribution in [-0.2, 0) is 10.1 Å². The van der Waals surface area contributed by atoms with Crippen LogP contribution >= 0.6 is 11.6 Å². The van der Waals surface area contributed by atoms with Crippen LogP contribution in [0.25, 0.3) is 0 Å². The van der Waals surface area contributed by atoms with Crippen molar-refractivity contribution in [3.05, 3.63) is 29.3 Å². The Balaban J connectivity index is 3.42. The first-order valence-electron chi connectivity index (χ1n) is 3.60. The Bertz CT molecular complexity index is 478. The molecule has 0 radical (unpaired) electrons. The second-order valence-corrected chi connectivity index (χ2v) is 4.49. The maximum atomic E-state index is 10.8. The molecule has 4 nitrogen and oxygen atoms in total. The molecular weight excluding hydrogens is 228 g/mol. The van der Waals surface area contributed by atoms with Crippen molar-refractivity contribution in [1.29, 1.82) is 0 Å². The molecule has 0 unspecified atom stereocenters. The third kappa shape index (κ3) is 2.31. The van der Waals surface area contributed by atoms with Crippen molar-refractivity contribution in [2.45, 2.75) is 11.8 Å². The quantitative estimate of drug-likeness (QED) is 0.624. The molecule has 1 N–H and O–H groups in total. The Labute approximate surface area is 86.3 Å². The highest BCUT2D eigenvalue weighted by Gasteiger charge is 2.13. The summed E-state index contributed by atoms with van der Waals surface area (Å²) in [6, 6.07) is 3.65. The Morgan fingerprint density at radius 2 is 2.00 bits per heavy atom. The van der Waals surface area contributed by atoms with E-state index in [1.54, 1.807) is 6.92 Å². The van der Waals surface area contributed by atoms with Crippen LogP contribution in [0.4, 0.5) is 0 Å². The fourth-order valence-electron chi connectivity index (χ4n) is 0.973. The van der Waals surface area contributed by atoms with E-state index in [9.17, 15) is 13.2 Å². The van der Waals surface area contributed by atoms with Gasteiger partial charge in [0, 0.05) is 5.56 Å². The average molecular weight is 235 g/mol. The van der Waals surface area contributed by atoms with Crippen LogP contribution in [-0.4, -0.2) is 18.2 Å². The molecule has 0 aliphatic heterocycles. The van der Waals surface area contributed by atoms with Crippen molar-refractivity contribution in [1.82, 2.24) is 0 Å². The van der Waals surface area contributed by atoms with E-state index < -0.39 is 15.4 Å². The molecule has 0 aromatic heterocycles. The molecule has 1 aromatic rings. The molecule has 0 amide bonds. The number of benzene rings is 1. The molecule has 1 rings (SSSR count). The van der Waals surface area contributed by atoms with Crippen LogP contribution in [0, 0.1) is 6.92 Å². The first-order valence-corrected chi connectivity index (χ1v) is 5.42. The van der Waals surface area contributed by atoms with Crippen LogP contribution in [0.1, 0.15) is 15.9 Å². The van der Waals surface area contributed by atoms with Crippen molar-refractivity contribution < 1.29 is 17.8 Å². The smallest absolute Gasteiger partial charge is 0.282 e. The monoisotopic (exact) mass is 234 g/mol. The number of carbonyl (C=O) groups excluding carboxylic acids is 1. The van der Waals surface area contributed by atoms with Gasteiger partial charge in [-0.05, 0) is 36.2 Å². The number of halogens is 1. The largest absolute Gasteiger partial charge is 0.294 e. The Kier molecular flexibility index (Phi) is 2.94. The zero-order valence-corrected chi connectivity index (χ0v) is 8.76. The Hall–Kier alpha value is -0.910. The van der Waals surface area contributed by atoms with Gasteiger partial charge in [0.2, 0.25) is 0 Å². The van der Waals surface area contributed by atoms with E-state index in [0.717, 1.165) is 6.07 Å². The first-order chi connectivity index (χ1) is 6.32. The standard InChI is InChI=1S/C8H7ClO4S/c1-5-2-3-6(14(11,12)13)4-7(5)8(9)10/h2-4H,1H3,(H,11,12,13). The summed E-state index contributed by atoms with van der Waals surface area (Å²) in [6.45, 7) is 1.61. The summed E-state index contributed by atoms with van der Waals surface area (Å²) < 4.78 is 30.1. The summed E-state index contributed by atoms with van der Waals surface area (Å²) in [7, 11) is -4.29. The zero-order valence-electron chi connectivity index (χ0n) is 7.19. The van der Waals surface area contributed by atoms with Crippen LogP contribution in [0.15, 0.2) is 23.1 Å². The molecule has 1 aromatic carbocycles. The molecule has 14 heavy (non-hydrogen) atoms. The highest BCUT2D eigenvalue weighted by Crippen LogP contribution is 2.16. The Morgan fingerprint density at radius 3 is 2.43 bits per heavy atom. The molecule has 0 aliphatic carbocycles. The maximum Gasteiger partial charge on any atom is 0.294 e. The third-order valence-electron chi connectivity index (χ3n) is 1.72. The summed E-state index contributed by atoms with van der Waals surface area (Å²) in [4.78, 5) is 10.5. The second kappa shape index (κ2) is 3.68. The SMILES string of the molecule is Cc1ccc(S(=O)(=O)O)cc1C(=O)Cl. The molecule has 0 saturated heterocycles. The highest BCUT2D eigenvalue weighted by atomic mass is 35.5. The minimum atomic E-state index is -4.29. The number of rotatable bonds is 2. The molecule has 0 heterocycles. The van der Waals surface area contributed by atoms with Crippen molar-refractivity contribution in [2.75, 3.05) is 0 Å². The molecule has 6 heteroatoms. The lowest BCUT2D eigenvalue weighted by atomic mass is 10.1. The number of hydrogen-bond acceptors (Lipinski definition) is 3. The molecule has 0 saturated carbocycles. The van der Waals surface area contributed by atoms with E-state index in [2.05, 4.69) is 0 Å². The molecule has 76 valence electrons. The van der Waals surface area contributed by atoms with Crippen LogP contribution in [0.5, 0.6) is 0 Å². The van der Waals surface area contributed by atoms with Crippen LogP contribution in [0.2, 0.25) is 0 Å². The van der Waals surface area contributed by atoms with Gasteiger partial charge in [0.05, 0.1) is 4.90 Å². The minimum Gasteiger partial charge on any atom is -0.282 e. The fourth-order valence-corrected chi connectivity index (χ4v) is 1.68. The van der Waals surface area contributed by atoms with E-state index in [1.165, 1.54) is 12.1 Å². The van der Waals surface area contributed by atoms with Gasteiger partial charge < -0.3 is 0 Å². The van der Waals surface area contributed by atoms with Gasteiger partial charge in [-0.1, -0.05) is 6.07 Å². The van der Waals surface area contributed by atoms with E-state index in [4.69, 9.17) is 16.2 Å². The van der Waals surface area contributed by atoms with Gasteiger partial charge >= 0.3 is 0 Å². The summed E-state index contributed by atoms with van der Waals surface area (Å²) in [5, 5.41) is -0.756. The zero-order chi connectivity index (χ0) is 10.9. The van der Waals surface area contributed by atoms with Gasteiger partial charge in [-0.2, -0.15) is 8.42 Å². The van der Waals surface area contributed by atoms with Gasteiger partial charge in [-0.15, -0.1) is 0 Å². The highest BCUT2D eigenvalue weighted by molar-refractivity contribution is 7.85. The molecule has 0 fully saturated rings. The van der Waals surface area contributed by atoms with Gasteiger partial charge in [0.15, 0.2) is 0 Å². The van der Waals surface area contributed by atoms with Crippen LogP contribution < -0.4 is 0 Å². The van der Waals surface area contributed by atoms with Gasteiger partial charge in [0.25, 0.3) is 15.4 Å². The van der Waals surface area contributed by atoms with Gasteiger partial charge in [-0.3, -0.25) is 9.35 Å². The summed E-state index contributed by atoms with van der Waals surface area (Å²) >= 11 is 5.22. The Morgan fingerprint density at radius 1 is 1.43 bits per heavy atom. The van der Waals surface area contributed by atoms with E-state index >= 15 is 0 Å². The molecule has 0 spiro atoms.